The van der Waals surface area contributed by atoms with E-state index in [1.807, 2.05) is 6.92 Å². The molecule has 120 valence electrons. The predicted molar refractivity (Wildman–Crippen MR) is 83.7 cm³/mol. The molecule has 0 spiro atoms. The maximum absolute atomic E-state index is 11.9. The molecule has 22 heavy (non-hydrogen) atoms. The van der Waals surface area contributed by atoms with Gasteiger partial charge < -0.3 is 16.4 Å². The SMILES string of the molecule is C[C@@H](CN)NC(=O)c1ccc(C2(C)NC(=O)NC2=O)cc1.Cl. The quantitative estimate of drug-likeness (QED) is 0.593. The van der Waals surface area contributed by atoms with Crippen molar-refractivity contribution in [2.75, 3.05) is 6.54 Å². The number of nitrogens with one attached hydrogen (secondary N) is 3. The Morgan fingerprint density at radius 1 is 1.32 bits per heavy atom. The van der Waals surface area contributed by atoms with Crippen molar-refractivity contribution in [3.05, 3.63) is 35.4 Å². The standard InChI is InChI=1S/C14H18N4O3.ClH/c1-8(7-15)16-11(19)9-3-5-10(6-4-9)14(2)12(20)17-13(21)18-14;/h3-6,8H,7,15H2,1-2H3,(H,16,19)(H2,17,18,20,21);1H/t8-,14?;/m0./s1. The second kappa shape index (κ2) is 6.76. The highest BCUT2D eigenvalue weighted by Gasteiger charge is 2.43. The smallest absolute Gasteiger partial charge is 0.322 e. The van der Waals surface area contributed by atoms with Crippen LogP contribution in [0.15, 0.2) is 24.3 Å². The van der Waals surface area contributed by atoms with Crippen LogP contribution in [0, 0.1) is 0 Å². The van der Waals surface area contributed by atoms with E-state index in [9.17, 15) is 14.4 Å². The van der Waals surface area contributed by atoms with Crippen molar-refractivity contribution in [1.29, 1.82) is 0 Å². The molecule has 2 atom stereocenters. The molecule has 8 heteroatoms. The molecule has 5 N–H and O–H groups in total. The monoisotopic (exact) mass is 326 g/mol. The number of nitrogens with two attached hydrogens (primary N) is 1. The molecule has 0 aliphatic carbocycles. The summed E-state index contributed by atoms with van der Waals surface area (Å²) in [6.45, 7) is 3.78. The van der Waals surface area contributed by atoms with Gasteiger partial charge in [-0.2, -0.15) is 0 Å². The highest BCUT2D eigenvalue weighted by Crippen LogP contribution is 2.24. The van der Waals surface area contributed by atoms with Crippen LogP contribution in [-0.2, 0) is 10.3 Å². The summed E-state index contributed by atoms with van der Waals surface area (Å²) in [6, 6.07) is 5.87. The van der Waals surface area contributed by atoms with E-state index in [1.54, 1.807) is 31.2 Å². The van der Waals surface area contributed by atoms with E-state index in [0.717, 1.165) is 0 Å². The molecule has 1 aliphatic heterocycles. The van der Waals surface area contributed by atoms with Crippen LogP contribution in [0.3, 0.4) is 0 Å². The van der Waals surface area contributed by atoms with E-state index in [0.29, 0.717) is 17.7 Å². The van der Waals surface area contributed by atoms with Crippen LogP contribution in [0.5, 0.6) is 0 Å². The Bertz CT molecular complexity index is 590. The van der Waals surface area contributed by atoms with Crippen molar-refractivity contribution >= 4 is 30.3 Å². The Balaban J connectivity index is 0.00000242. The first-order valence-electron chi connectivity index (χ1n) is 6.62. The first kappa shape index (κ1) is 17.9. The van der Waals surface area contributed by atoms with Crippen LogP contribution >= 0.6 is 12.4 Å². The van der Waals surface area contributed by atoms with Gasteiger partial charge in [-0.25, -0.2) is 4.79 Å². The molecular weight excluding hydrogens is 308 g/mol. The summed E-state index contributed by atoms with van der Waals surface area (Å²) in [5.74, 6) is -0.647. The third kappa shape index (κ3) is 3.37. The zero-order valence-corrected chi connectivity index (χ0v) is 13.1. The fourth-order valence-corrected chi connectivity index (χ4v) is 2.07. The maximum Gasteiger partial charge on any atom is 0.322 e. The van der Waals surface area contributed by atoms with E-state index in [2.05, 4.69) is 16.0 Å². The van der Waals surface area contributed by atoms with Gasteiger partial charge in [-0.05, 0) is 31.5 Å². The second-order valence-corrected chi connectivity index (χ2v) is 5.22. The van der Waals surface area contributed by atoms with Crippen LogP contribution < -0.4 is 21.7 Å². The number of hydrogen-bond donors (Lipinski definition) is 4. The van der Waals surface area contributed by atoms with Gasteiger partial charge in [-0.1, -0.05) is 12.1 Å². The molecule has 1 aliphatic rings. The largest absolute Gasteiger partial charge is 0.348 e. The van der Waals surface area contributed by atoms with Crippen molar-refractivity contribution in [2.45, 2.75) is 25.4 Å². The molecule has 0 bridgehead atoms. The zero-order chi connectivity index (χ0) is 15.6. The lowest BCUT2D eigenvalue weighted by Crippen LogP contribution is -2.40. The molecule has 1 saturated heterocycles. The minimum Gasteiger partial charge on any atom is -0.348 e. The number of hydrogen-bond acceptors (Lipinski definition) is 4. The lowest BCUT2D eigenvalue weighted by molar-refractivity contribution is -0.123. The molecule has 1 aromatic rings. The van der Waals surface area contributed by atoms with E-state index < -0.39 is 17.5 Å². The maximum atomic E-state index is 11.9. The minimum absolute atomic E-state index is 0. The number of carbonyl (C=O) groups excluding carboxylic acids is 3. The van der Waals surface area contributed by atoms with Crippen molar-refractivity contribution in [3.63, 3.8) is 0 Å². The summed E-state index contributed by atoms with van der Waals surface area (Å²) in [5, 5.41) is 7.51. The number of carbonyl (C=O) groups is 3. The molecule has 0 saturated carbocycles. The molecule has 1 aromatic carbocycles. The van der Waals surface area contributed by atoms with Crippen LogP contribution in [0.2, 0.25) is 0 Å². The van der Waals surface area contributed by atoms with Gasteiger partial charge in [0, 0.05) is 18.2 Å². The number of benzene rings is 1. The van der Waals surface area contributed by atoms with Crippen LogP contribution in [0.4, 0.5) is 4.79 Å². The number of rotatable bonds is 4. The Morgan fingerprint density at radius 3 is 2.36 bits per heavy atom. The van der Waals surface area contributed by atoms with Gasteiger partial charge in [0.25, 0.3) is 11.8 Å². The van der Waals surface area contributed by atoms with Gasteiger partial charge in [-0.15, -0.1) is 12.4 Å². The highest BCUT2D eigenvalue weighted by molar-refractivity contribution is 6.07. The second-order valence-electron chi connectivity index (χ2n) is 5.22. The number of urea groups is 1. The van der Waals surface area contributed by atoms with E-state index >= 15 is 0 Å². The summed E-state index contributed by atoms with van der Waals surface area (Å²) in [4.78, 5) is 35.0. The summed E-state index contributed by atoms with van der Waals surface area (Å²) < 4.78 is 0. The highest BCUT2D eigenvalue weighted by atomic mass is 35.5. The Morgan fingerprint density at radius 2 is 1.91 bits per heavy atom. The van der Waals surface area contributed by atoms with Crippen LogP contribution in [0.25, 0.3) is 0 Å². The topological polar surface area (TPSA) is 113 Å². The lowest BCUT2D eigenvalue weighted by Gasteiger charge is -2.21. The van der Waals surface area contributed by atoms with E-state index in [-0.39, 0.29) is 24.4 Å². The predicted octanol–water partition coefficient (Wildman–Crippen LogP) is 0.240. The summed E-state index contributed by atoms with van der Waals surface area (Å²) in [7, 11) is 0. The molecule has 1 heterocycles. The fraction of sp³-hybridized carbons (Fsp3) is 0.357. The molecule has 7 nitrogen and oxygen atoms in total. The summed E-state index contributed by atoms with van der Waals surface area (Å²) in [5.41, 5.74) is 5.41. The van der Waals surface area contributed by atoms with Crippen LogP contribution in [-0.4, -0.2) is 30.4 Å². The molecule has 0 radical (unpaired) electrons. The molecule has 1 unspecified atom stereocenters. The van der Waals surface area contributed by atoms with Crippen LogP contribution in [0.1, 0.15) is 29.8 Å². The molecular formula is C14H19ClN4O3. The first-order valence-corrected chi connectivity index (χ1v) is 6.62. The first-order chi connectivity index (χ1) is 9.86. The van der Waals surface area contributed by atoms with E-state index in [4.69, 9.17) is 5.73 Å². The van der Waals surface area contributed by atoms with Crippen molar-refractivity contribution in [3.8, 4) is 0 Å². The van der Waals surface area contributed by atoms with Gasteiger partial charge in [0.05, 0.1) is 0 Å². The van der Waals surface area contributed by atoms with Gasteiger partial charge in [-0.3, -0.25) is 14.9 Å². The number of amides is 4. The summed E-state index contributed by atoms with van der Waals surface area (Å²) in [6.07, 6.45) is 0. The van der Waals surface area contributed by atoms with Gasteiger partial charge in [0.1, 0.15) is 5.54 Å². The van der Waals surface area contributed by atoms with Gasteiger partial charge in [0.15, 0.2) is 0 Å². The summed E-state index contributed by atoms with van der Waals surface area (Å²) >= 11 is 0. The Kier molecular flexibility index (Phi) is 5.51. The lowest BCUT2D eigenvalue weighted by atomic mass is 9.91. The van der Waals surface area contributed by atoms with Crippen molar-refractivity contribution < 1.29 is 14.4 Å². The van der Waals surface area contributed by atoms with Gasteiger partial charge in [0.2, 0.25) is 0 Å². The Hall–Kier alpha value is -2.12. The number of halogens is 1. The molecule has 1 fully saturated rings. The number of imide groups is 1. The Labute approximate surface area is 134 Å². The zero-order valence-electron chi connectivity index (χ0n) is 12.3. The third-order valence-corrected chi connectivity index (χ3v) is 3.50. The fourth-order valence-electron chi connectivity index (χ4n) is 2.07. The molecule has 4 amide bonds. The third-order valence-electron chi connectivity index (χ3n) is 3.50. The van der Waals surface area contributed by atoms with E-state index in [1.165, 1.54) is 0 Å². The normalized spacial score (nSPS) is 21.4. The minimum atomic E-state index is -1.11. The van der Waals surface area contributed by atoms with Crippen molar-refractivity contribution in [1.82, 2.24) is 16.0 Å². The molecule has 2 rings (SSSR count). The van der Waals surface area contributed by atoms with Crippen molar-refractivity contribution in [2.24, 2.45) is 5.73 Å². The molecule has 0 aromatic heterocycles. The van der Waals surface area contributed by atoms with Gasteiger partial charge >= 0.3 is 6.03 Å². The average molecular weight is 327 g/mol. The average Bonchev–Trinajstić information content (AvgIpc) is 2.72.